The van der Waals surface area contributed by atoms with E-state index in [-0.39, 0.29) is 0 Å². The molecule has 0 atom stereocenters. The fraction of sp³-hybridized carbons (Fsp3) is 0.0833. The Morgan fingerprint density at radius 2 is 0.416 bits per heavy atom. The van der Waals surface area contributed by atoms with Crippen LogP contribution >= 0.6 is 11.3 Å². The molecule has 77 heavy (non-hydrogen) atoms. The number of hydrogen-bond donors (Lipinski definition) is 0. The van der Waals surface area contributed by atoms with Gasteiger partial charge in [0.25, 0.3) is 0 Å². The van der Waals surface area contributed by atoms with Crippen LogP contribution in [0.4, 0.5) is 62.6 Å². The molecule has 0 bridgehead atoms. The van der Waals surface area contributed by atoms with E-state index in [4.69, 9.17) is 0 Å². The molecule has 12 rings (SSSR count). The Balaban J connectivity index is 0.861. The third kappa shape index (κ3) is 10.1. The summed E-state index contributed by atoms with van der Waals surface area (Å²) in [4.78, 5) is 9.32. The summed E-state index contributed by atoms with van der Waals surface area (Å²) in [7, 11) is 2.12. The zero-order chi connectivity index (χ0) is 52.6. The van der Waals surface area contributed by atoms with Crippen LogP contribution in [0.25, 0.3) is 42.4 Å². The number of benzene rings is 11. The molecule has 11 aromatic carbocycles. The maximum atomic E-state index is 2.39. The lowest BCUT2D eigenvalue weighted by atomic mass is 10.0. The number of hydrogen-bond acceptors (Lipinski definition) is 5. The fourth-order valence-electron chi connectivity index (χ4n) is 10.4. The van der Waals surface area contributed by atoms with Gasteiger partial charge < -0.3 is 19.6 Å². The topological polar surface area (TPSA) is 13.0 Å². The van der Waals surface area contributed by atoms with Crippen LogP contribution in [0, 0.1) is 34.6 Å². The molecule has 0 saturated carbocycles. The van der Waals surface area contributed by atoms with E-state index in [9.17, 15) is 0 Å². The summed E-state index contributed by atoms with van der Waals surface area (Å²) >= 11 is 1.85. The summed E-state index contributed by atoms with van der Waals surface area (Å²) in [6.45, 7) is 10.7. The normalized spacial score (nSPS) is 11.2. The average Bonchev–Trinajstić information content (AvgIpc) is 3.87. The van der Waals surface area contributed by atoms with Gasteiger partial charge in [0, 0.05) is 89.8 Å². The van der Waals surface area contributed by atoms with Crippen molar-refractivity contribution in [2.75, 3.05) is 26.6 Å². The lowest BCUT2D eigenvalue weighted by Crippen LogP contribution is -2.10. The van der Waals surface area contributed by atoms with Gasteiger partial charge in [-0.05, 0) is 202 Å². The van der Waals surface area contributed by atoms with Gasteiger partial charge in [0.05, 0.1) is 0 Å². The van der Waals surface area contributed by atoms with Gasteiger partial charge in [-0.2, -0.15) is 0 Å². The second-order valence-electron chi connectivity index (χ2n) is 20.4. The van der Waals surface area contributed by atoms with E-state index >= 15 is 0 Å². The standard InChI is InChI=1S/C72H60N4S/c1-49-7-25-58(26-8-49)73(6)59-35-17-54(18-36-59)55-21-39-65(40-22-55)75(62-31-13-52(4)14-32-62)67-43-45-71-69(47-67)70-48-68(44-46-72(70)77-71)76(63-33-15-53(5)16-34-63)66-41-23-57(24-42-66)56-19-37-64(38-20-56)74(60-27-9-50(2)10-28-60)61-29-11-51(3)12-30-61/h7-48H,1-6H3. The van der Waals surface area contributed by atoms with Crippen molar-refractivity contribution in [3.05, 3.63) is 283 Å². The van der Waals surface area contributed by atoms with Gasteiger partial charge in [-0.25, -0.2) is 0 Å². The molecule has 0 aliphatic heterocycles. The van der Waals surface area contributed by atoms with Crippen LogP contribution in [0.1, 0.15) is 27.8 Å². The van der Waals surface area contributed by atoms with Crippen LogP contribution in [0.2, 0.25) is 0 Å². The highest BCUT2D eigenvalue weighted by Crippen LogP contribution is 2.45. The smallest absolute Gasteiger partial charge is 0.0468 e. The first kappa shape index (κ1) is 48.8. The second kappa shape index (κ2) is 20.9. The van der Waals surface area contributed by atoms with E-state index < -0.39 is 0 Å². The summed E-state index contributed by atoms with van der Waals surface area (Å²) in [5.41, 5.74) is 23.2. The van der Waals surface area contributed by atoms with E-state index in [2.05, 4.69) is 316 Å². The van der Waals surface area contributed by atoms with E-state index in [0.717, 1.165) is 62.4 Å². The SMILES string of the molecule is Cc1ccc(N(C)c2ccc(-c3ccc(N(c4ccc(C)cc4)c4ccc5sc6ccc(N(c7ccc(C)cc7)c7ccc(-c8ccc(N(c9ccc(C)cc9)c9ccc(C)cc9)cc8)cc7)cc6c5c4)cc3)cc2)cc1. The number of anilines is 11. The van der Waals surface area contributed by atoms with E-state index in [1.54, 1.807) is 0 Å². The molecule has 0 radical (unpaired) electrons. The third-order valence-corrected chi connectivity index (χ3v) is 16.0. The van der Waals surface area contributed by atoms with Crippen molar-refractivity contribution in [3.8, 4) is 22.3 Å². The minimum atomic E-state index is 1.10. The maximum Gasteiger partial charge on any atom is 0.0468 e. The summed E-state index contributed by atoms with van der Waals surface area (Å²) in [6, 6.07) is 93.6. The number of thiophene rings is 1. The lowest BCUT2D eigenvalue weighted by molar-refractivity contribution is 1.20. The zero-order valence-electron chi connectivity index (χ0n) is 44.4. The molecule has 1 heterocycles. The largest absolute Gasteiger partial charge is 0.345 e. The van der Waals surface area contributed by atoms with Gasteiger partial charge in [0.2, 0.25) is 0 Å². The van der Waals surface area contributed by atoms with Gasteiger partial charge in [-0.1, -0.05) is 137 Å². The first-order chi connectivity index (χ1) is 37.6. The fourth-order valence-corrected chi connectivity index (χ4v) is 11.4. The molecule has 1 aromatic heterocycles. The minimum absolute atomic E-state index is 1.10. The molecule has 0 aliphatic carbocycles. The molecule has 0 N–H and O–H groups in total. The van der Waals surface area contributed by atoms with Crippen molar-refractivity contribution in [2.45, 2.75) is 34.6 Å². The molecular weight excluding hydrogens is 953 g/mol. The zero-order valence-corrected chi connectivity index (χ0v) is 45.3. The molecule has 0 amide bonds. The number of rotatable bonds is 13. The first-order valence-electron chi connectivity index (χ1n) is 26.4. The number of fused-ring (bicyclic) bond motifs is 3. The Kier molecular flexibility index (Phi) is 13.2. The van der Waals surface area contributed by atoms with Crippen LogP contribution in [-0.2, 0) is 0 Å². The molecule has 0 fully saturated rings. The molecule has 5 heteroatoms. The lowest BCUT2D eigenvalue weighted by Gasteiger charge is -2.27. The number of nitrogens with zero attached hydrogens (tertiary/aromatic N) is 4. The van der Waals surface area contributed by atoms with Gasteiger partial charge in [-0.15, -0.1) is 11.3 Å². The highest BCUT2D eigenvalue weighted by Gasteiger charge is 2.19. The predicted octanol–water partition coefficient (Wildman–Crippen LogP) is 21.1. The van der Waals surface area contributed by atoms with Crippen molar-refractivity contribution < 1.29 is 0 Å². The molecular formula is C72H60N4S. The molecule has 0 aliphatic rings. The molecule has 0 saturated heterocycles. The second-order valence-corrected chi connectivity index (χ2v) is 21.5. The van der Waals surface area contributed by atoms with E-state index in [1.165, 1.54) is 70.4 Å². The Morgan fingerprint density at radius 3 is 0.675 bits per heavy atom. The van der Waals surface area contributed by atoms with Crippen molar-refractivity contribution in [1.29, 1.82) is 0 Å². The average molecular weight is 1010 g/mol. The van der Waals surface area contributed by atoms with Crippen molar-refractivity contribution in [2.24, 2.45) is 0 Å². The molecule has 0 spiro atoms. The Labute approximate surface area is 457 Å². The predicted molar refractivity (Wildman–Crippen MR) is 332 cm³/mol. The van der Waals surface area contributed by atoms with E-state index in [0.29, 0.717) is 0 Å². The molecule has 0 unspecified atom stereocenters. The van der Waals surface area contributed by atoms with Crippen LogP contribution in [0.3, 0.4) is 0 Å². The third-order valence-electron chi connectivity index (χ3n) is 14.8. The van der Waals surface area contributed by atoms with Crippen molar-refractivity contribution in [1.82, 2.24) is 0 Å². The summed E-state index contributed by atoms with van der Waals surface area (Å²) in [6.07, 6.45) is 0. The summed E-state index contributed by atoms with van der Waals surface area (Å²) in [5.74, 6) is 0. The Bertz CT molecular complexity index is 3930. The summed E-state index contributed by atoms with van der Waals surface area (Å²) < 4.78 is 2.52. The van der Waals surface area contributed by atoms with Gasteiger partial charge in [0.1, 0.15) is 0 Å². The Hall–Kier alpha value is -9.16. The minimum Gasteiger partial charge on any atom is -0.345 e. The van der Waals surface area contributed by atoms with Gasteiger partial charge in [-0.3, -0.25) is 0 Å². The highest BCUT2D eigenvalue weighted by atomic mass is 32.1. The number of aryl methyl sites for hydroxylation is 5. The quantitative estimate of drug-likeness (QED) is 0.114. The van der Waals surface area contributed by atoms with Crippen molar-refractivity contribution >= 4 is 94.1 Å². The summed E-state index contributed by atoms with van der Waals surface area (Å²) in [5, 5.41) is 2.47. The van der Waals surface area contributed by atoms with Crippen LogP contribution in [-0.4, -0.2) is 7.05 Å². The van der Waals surface area contributed by atoms with Crippen LogP contribution < -0.4 is 19.6 Å². The molecule has 4 nitrogen and oxygen atoms in total. The molecule has 374 valence electrons. The van der Waals surface area contributed by atoms with E-state index in [1.807, 2.05) is 11.3 Å². The monoisotopic (exact) mass is 1010 g/mol. The van der Waals surface area contributed by atoms with Crippen LogP contribution in [0.15, 0.2) is 255 Å². The maximum absolute atomic E-state index is 2.39. The first-order valence-corrected chi connectivity index (χ1v) is 27.3. The van der Waals surface area contributed by atoms with Crippen molar-refractivity contribution in [3.63, 3.8) is 0 Å². The molecule has 12 aromatic rings. The highest BCUT2D eigenvalue weighted by molar-refractivity contribution is 7.25. The van der Waals surface area contributed by atoms with Gasteiger partial charge in [0.15, 0.2) is 0 Å². The Morgan fingerprint density at radius 1 is 0.221 bits per heavy atom. The van der Waals surface area contributed by atoms with Gasteiger partial charge >= 0.3 is 0 Å². The van der Waals surface area contributed by atoms with Crippen LogP contribution in [0.5, 0.6) is 0 Å².